The molecule has 118 valence electrons. The van der Waals surface area contributed by atoms with Gasteiger partial charge in [0.2, 0.25) is 10.0 Å². The van der Waals surface area contributed by atoms with Crippen LogP contribution >= 0.6 is 0 Å². The fraction of sp³-hybridized carbons (Fsp3) is 0.200. The lowest BCUT2D eigenvalue weighted by molar-refractivity contribution is -0.139. The second-order valence-corrected chi connectivity index (χ2v) is 6.43. The van der Waals surface area contributed by atoms with Gasteiger partial charge in [0, 0.05) is 6.04 Å². The first-order valence-electron chi connectivity index (χ1n) is 6.45. The predicted molar refractivity (Wildman–Crippen MR) is 76.6 cm³/mol. The van der Waals surface area contributed by atoms with E-state index >= 15 is 0 Å². The van der Waals surface area contributed by atoms with Gasteiger partial charge in [-0.05, 0) is 24.6 Å². The summed E-state index contributed by atoms with van der Waals surface area (Å²) in [6, 6.07) is 12.1. The number of sulfonamides is 1. The van der Waals surface area contributed by atoms with Gasteiger partial charge in [0.15, 0.2) is 0 Å². The van der Waals surface area contributed by atoms with Crippen molar-refractivity contribution in [1.82, 2.24) is 4.72 Å². The van der Waals surface area contributed by atoms with Gasteiger partial charge in [-0.2, -0.15) is 13.2 Å². The minimum absolute atomic E-state index is 0.646. The van der Waals surface area contributed by atoms with Crippen molar-refractivity contribution in [2.75, 3.05) is 0 Å². The maximum Gasteiger partial charge on any atom is 0.417 e. The quantitative estimate of drug-likeness (QED) is 0.929. The minimum atomic E-state index is -4.73. The first-order chi connectivity index (χ1) is 10.2. The van der Waals surface area contributed by atoms with Crippen molar-refractivity contribution in [3.05, 3.63) is 65.7 Å². The van der Waals surface area contributed by atoms with Crippen molar-refractivity contribution >= 4 is 10.0 Å². The standard InChI is InChI=1S/C15H14F3NO2S/c1-11(12-7-3-2-4-8-12)19-22(20,21)14-10-6-5-9-13(14)15(16,17)18/h2-11,19H,1H3/t11-/m0/s1. The van der Waals surface area contributed by atoms with Gasteiger partial charge in [0.05, 0.1) is 10.5 Å². The summed E-state index contributed by atoms with van der Waals surface area (Å²) in [6.07, 6.45) is -4.73. The van der Waals surface area contributed by atoms with Crippen molar-refractivity contribution in [3.8, 4) is 0 Å². The molecule has 2 aromatic rings. The number of halogens is 3. The van der Waals surface area contributed by atoms with Gasteiger partial charge in [-0.1, -0.05) is 42.5 Å². The molecule has 0 radical (unpaired) electrons. The van der Waals surface area contributed by atoms with Crippen molar-refractivity contribution in [1.29, 1.82) is 0 Å². The van der Waals surface area contributed by atoms with Crippen LogP contribution in [0, 0.1) is 0 Å². The van der Waals surface area contributed by atoms with Crippen LogP contribution in [0.1, 0.15) is 24.1 Å². The van der Waals surface area contributed by atoms with Gasteiger partial charge in [-0.3, -0.25) is 0 Å². The number of hydrogen-bond acceptors (Lipinski definition) is 2. The van der Waals surface area contributed by atoms with Gasteiger partial charge < -0.3 is 0 Å². The highest BCUT2D eigenvalue weighted by Crippen LogP contribution is 2.34. The second kappa shape index (κ2) is 6.10. The molecule has 0 spiro atoms. The van der Waals surface area contributed by atoms with E-state index in [2.05, 4.69) is 4.72 Å². The van der Waals surface area contributed by atoms with Gasteiger partial charge in [-0.25, -0.2) is 13.1 Å². The second-order valence-electron chi connectivity index (χ2n) is 4.75. The van der Waals surface area contributed by atoms with Crippen LogP contribution in [-0.2, 0) is 16.2 Å². The van der Waals surface area contributed by atoms with E-state index in [0.717, 1.165) is 18.2 Å². The summed E-state index contributed by atoms with van der Waals surface area (Å²) in [7, 11) is -4.29. The van der Waals surface area contributed by atoms with Gasteiger partial charge in [0.1, 0.15) is 0 Å². The Hall–Kier alpha value is -1.86. The molecule has 0 bridgehead atoms. The third-order valence-electron chi connectivity index (χ3n) is 3.11. The Bertz CT molecular complexity index is 743. The maximum absolute atomic E-state index is 12.9. The van der Waals surface area contributed by atoms with Gasteiger partial charge >= 0.3 is 6.18 Å². The zero-order valence-electron chi connectivity index (χ0n) is 11.6. The molecule has 0 fully saturated rings. The van der Waals surface area contributed by atoms with Crippen molar-refractivity contribution in [2.24, 2.45) is 0 Å². The van der Waals surface area contributed by atoms with Crippen LogP contribution in [0.2, 0.25) is 0 Å². The molecular formula is C15H14F3NO2S. The molecule has 22 heavy (non-hydrogen) atoms. The van der Waals surface area contributed by atoms with E-state index in [9.17, 15) is 21.6 Å². The molecule has 0 aliphatic rings. The first kappa shape index (κ1) is 16.5. The highest BCUT2D eigenvalue weighted by Gasteiger charge is 2.37. The van der Waals surface area contributed by atoms with Crippen LogP contribution in [0.15, 0.2) is 59.5 Å². The molecule has 0 aromatic heterocycles. The number of hydrogen-bond donors (Lipinski definition) is 1. The lowest BCUT2D eigenvalue weighted by Crippen LogP contribution is -2.28. The molecule has 1 atom stereocenters. The van der Waals surface area contributed by atoms with Crippen molar-refractivity contribution in [2.45, 2.75) is 24.0 Å². The van der Waals surface area contributed by atoms with E-state index in [1.165, 1.54) is 6.07 Å². The molecule has 0 unspecified atom stereocenters. The Morgan fingerprint density at radius 2 is 1.50 bits per heavy atom. The average molecular weight is 329 g/mol. The third kappa shape index (κ3) is 3.66. The number of alkyl halides is 3. The highest BCUT2D eigenvalue weighted by molar-refractivity contribution is 7.89. The van der Waals surface area contributed by atoms with E-state index in [1.54, 1.807) is 37.3 Å². The summed E-state index contributed by atoms with van der Waals surface area (Å²) in [6.45, 7) is 1.57. The van der Waals surface area contributed by atoms with Crippen molar-refractivity contribution < 1.29 is 21.6 Å². The summed E-state index contributed by atoms with van der Waals surface area (Å²) < 4.78 is 65.7. The fourth-order valence-electron chi connectivity index (χ4n) is 2.04. The molecule has 0 heterocycles. The van der Waals surface area contributed by atoms with Gasteiger partial charge in [0.25, 0.3) is 0 Å². The average Bonchev–Trinajstić information content (AvgIpc) is 2.47. The summed E-state index contributed by atoms with van der Waals surface area (Å²) in [4.78, 5) is -0.773. The molecule has 0 aliphatic heterocycles. The largest absolute Gasteiger partial charge is 0.417 e. The van der Waals surface area contributed by atoms with E-state index in [-0.39, 0.29) is 0 Å². The Morgan fingerprint density at radius 3 is 2.09 bits per heavy atom. The molecule has 3 nitrogen and oxygen atoms in total. The molecule has 2 rings (SSSR count). The smallest absolute Gasteiger partial charge is 0.207 e. The van der Waals surface area contributed by atoms with Crippen LogP contribution < -0.4 is 4.72 Å². The zero-order chi connectivity index (χ0) is 16.4. The molecule has 2 aromatic carbocycles. The number of nitrogens with one attached hydrogen (secondary N) is 1. The van der Waals surface area contributed by atoms with E-state index in [1.807, 2.05) is 0 Å². The minimum Gasteiger partial charge on any atom is -0.207 e. The monoisotopic (exact) mass is 329 g/mol. The zero-order valence-corrected chi connectivity index (χ0v) is 12.4. The summed E-state index contributed by atoms with van der Waals surface area (Å²) in [5, 5.41) is 0. The normalized spacial score (nSPS) is 13.8. The molecule has 0 amide bonds. The molecule has 0 saturated carbocycles. The molecule has 0 saturated heterocycles. The summed E-state index contributed by atoms with van der Waals surface area (Å²) >= 11 is 0. The van der Waals surface area contributed by atoms with Crippen LogP contribution in [0.5, 0.6) is 0 Å². The van der Waals surface area contributed by atoms with E-state index in [4.69, 9.17) is 0 Å². The van der Waals surface area contributed by atoms with Crippen LogP contribution in [0.25, 0.3) is 0 Å². The summed E-state index contributed by atoms with van der Waals surface area (Å²) in [5.74, 6) is 0. The lowest BCUT2D eigenvalue weighted by Gasteiger charge is -2.17. The lowest BCUT2D eigenvalue weighted by atomic mass is 10.1. The molecule has 7 heteroatoms. The topological polar surface area (TPSA) is 46.2 Å². The third-order valence-corrected chi connectivity index (χ3v) is 4.71. The van der Waals surface area contributed by atoms with Gasteiger partial charge in [-0.15, -0.1) is 0 Å². The summed E-state index contributed by atoms with van der Waals surface area (Å²) in [5.41, 5.74) is -0.515. The number of rotatable bonds is 4. The molecular weight excluding hydrogens is 315 g/mol. The Morgan fingerprint density at radius 1 is 0.955 bits per heavy atom. The van der Waals surface area contributed by atoms with E-state index < -0.39 is 32.7 Å². The van der Waals surface area contributed by atoms with E-state index in [0.29, 0.717) is 5.56 Å². The molecule has 0 aliphatic carbocycles. The number of benzene rings is 2. The van der Waals surface area contributed by atoms with Crippen molar-refractivity contribution in [3.63, 3.8) is 0 Å². The van der Waals surface area contributed by atoms with Crippen LogP contribution in [-0.4, -0.2) is 8.42 Å². The van der Waals surface area contributed by atoms with Crippen LogP contribution in [0.3, 0.4) is 0 Å². The molecule has 1 N–H and O–H groups in total. The Labute approximate surface area is 126 Å². The predicted octanol–water partition coefficient (Wildman–Crippen LogP) is 3.74. The Balaban J connectivity index is 2.36. The first-order valence-corrected chi connectivity index (χ1v) is 7.93. The maximum atomic E-state index is 12.9. The van der Waals surface area contributed by atoms with Crippen LogP contribution in [0.4, 0.5) is 13.2 Å². The highest BCUT2D eigenvalue weighted by atomic mass is 32.2. The SMILES string of the molecule is C[C@H](NS(=O)(=O)c1ccccc1C(F)(F)F)c1ccccc1. The Kier molecular flexibility index (Phi) is 4.58. The fourth-order valence-corrected chi connectivity index (χ4v) is 3.50.